The summed E-state index contributed by atoms with van der Waals surface area (Å²) in [5.74, 6) is 2.68. The summed E-state index contributed by atoms with van der Waals surface area (Å²) in [6.45, 7) is 4.04. The lowest BCUT2D eigenvalue weighted by Gasteiger charge is -1.99. The van der Waals surface area contributed by atoms with Gasteiger partial charge in [0.15, 0.2) is 0 Å². The van der Waals surface area contributed by atoms with Gasteiger partial charge in [-0.1, -0.05) is 47.9 Å². The maximum atomic E-state index is 5.43. The largest absolute Gasteiger partial charge is 0.115 e. The maximum Gasteiger partial charge on any atom is 0.0314 e. The lowest BCUT2D eigenvalue weighted by molar-refractivity contribution is 1.46. The molecular weight excluding hydrogens is 168 g/mol. The quantitative estimate of drug-likeness (QED) is 0.484. The summed E-state index contributed by atoms with van der Waals surface area (Å²) >= 11 is 0. The van der Waals surface area contributed by atoms with Crippen molar-refractivity contribution >= 4 is 5.57 Å². The zero-order valence-corrected chi connectivity index (χ0v) is 8.62. The van der Waals surface area contributed by atoms with Crippen LogP contribution >= 0.6 is 0 Å². The summed E-state index contributed by atoms with van der Waals surface area (Å²) in [5.41, 5.74) is 3.26. The van der Waals surface area contributed by atoms with Gasteiger partial charge in [0.1, 0.15) is 0 Å². The van der Waals surface area contributed by atoms with Gasteiger partial charge >= 0.3 is 0 Å². The Bertz CT molecular complexity index is 383. The summed E-state index contributed by atoms with van der Waals surface area (Å²) in [5, 5.41) is 0. The average molecular weight is 182 g/mol. The van der Waals surface area contributed by atoms with Crippen LogP contribution in [0.1, 0.15) is 18.1 Å². The molecule has 1 rings (SSSR count). The molecule has 1 aromatic rings. The first kappa shape index (κ1) is 10.3. The second-order valence-corrected chi connectivity index (χ2v) is 3.12. The van der Waals surface area contributed by atoms with Crippen LogP contribution < -0.4 is 0 Å². The summed E-state index contributed by atoms with van der Waals surface area (Å²) in [6, 6.07) is 8.22. The molecule has 0 radical (unpaired) electrons. The molecule has 0 bridgehead atoms. The van der Waals surface area contributed by atoms with E-state index in [1.165, 1.54) is 5.56 Å². The van der Waals surface area contributed by atoms with Crippen molar-refractivity contribution in [3.8, 4) is 12.3 Å². The number of rotatable bonds is 2. The van der Waals surface area contributed by atoms with E-state index < -0.39 is 0 Å². The van der Waals surface area contributed by atoms with Gasteiger partial charge in [-0.15, -0.1) is 6.42 Å². The van der Waals surface area contributed by atoms with Crippen molar-refractivity contribution in [1.82, 2.24) is 0 Å². The molecule has 0 amide bonds. The molecule has 0 spiro atoms. The van der Waals surface area contributed by atoms with Crippen LogP contribution in [0.2, 0.25) is 0 Å². The van der Waals surface area contributed by atoms with Crippen molar-refractivity contribution in [3.05, 3.63) is 53.6 Å². The van der Waals surface area contributed by atoms with E-state index in [2.05, 4.69) is 25.0 Å². The fraction of sp³-hybridized carbons (Fsp3) is 0.143. The Morgan fingerprint density at radius 2 is 1.93 bits per heavy atom. The van der Waals surface area contributed by atoms with E-state index in [4.69, 9.17) is 6.42 Å². The zero-order chi connectivity index (χ0) is 10.4. The van der Waals surface area contributed by atoms with Gasteiger partial charge in [0, 0.05) is 5.57 Å². The number of terminal acetylenes is 1. The summed E-state index contributed by atoms with van der Waals surface area (Å²) in [6.07, 6.45) is 11.3. The van der Waals surface area contributed by atoms with Crippen molar-refractivity contribution in [2.75, 3.05) is 0 Å². The second kappa shape index (κ2) is 5.09. The van der Waals surface area contributed by atoms with Crippen molar-refractivity contribution < 1.29 is 0 Å². The van der Waals surface area contributed by atoms with E-state index >= 15 is 0 Å². The third kappa shape index (κ3) is 2.64. The van der Waals surface area contributed by atoms with E-state index in [0.29, 0.717) is 0 Å². The summed E-state index contributed by atoms with van der Waals surface area (Å²) < 4.78 is 0. The second-order valence-electron chi connectivity index (χ2n) is 3.12. The predicted octanol–water partition coefficient (Wildman–Crippen LogP) is 3.59. The lowest BCUT2D eigenvalue weighted by atomic mass is 10.0. The smallest absolute Gasteiger partial charge is 0.0314 e. The minimum absolute atomic E-state index is 0.920. The van der Waals surface area contributed by atoms with Gasteiger partial charge in [-0.25, -0.2) is 0 Å². The van der Waals surface area contributed by atoms with Gasteiger partial charge in [-0.05, 0) is 25.5 Å². The first-order valence-corrected chi connectivity index (χ1v) is 4.64. The Labute approximate surface area is 86.0 Å². The van der Waals surface area contributed by atoms with Crippen LogP contribution in [0.3, 0.4) is 0 Å². The van der Waals surface area contributed by atoms with Gasteiger partial charge in [0.25, 0.3) is 0 Å². The third-order valence-corrected chi connectivity index (χ3v) is 1.97. The van der Waals surface area contributed by atoms with Crippen LogP contribution in [0.4, 0.5) is 0 Å². The lowest BCUT2D eigenvalue weighted by Crippen LogP contribution is -1.80. The monoisotopic (exact) mass is 182 g/mol. The fourth-order valence-electron chi connectivity index (χ4n) is 1.15. The Balaban J connectivity index is 3.03. The highest BCUT2D eigenvalue weighted by molar-refractivity contribution is 5.79. The van der Waals surface area contributed by atoms with Crippen LogP contribution in [0.15, 0.2) is 42.5 Å². The van der Waals surface area contributed by atoms with E-state index in [1.54, 1.807) is 0 Å². The minimum Gasteiger partial charge on any atom is -0.115 e. The molecule has 0 heterocycles. The molecular formula is C14H14. The fourth-order valence-corrected chi connectivity index (χ4v) is 1.15. The Morgan fingerprint density at radius 3 is 2.43 bits per heavy atom. The SMILES string of the molecule is C#CC(=CC=CC)c1ccc(C)cc1. The number of hydrogen-bond acceptors (Lipinski definition) is 0. The standard InChI is InChI=1S/C14H14/c1-4-6-7-13(5-2)14-10-8-12(3)9-11-14/h2,4,6-11H,1,3H3. The van der Waals surface area contributed by atoms with Crippen LogP contribution in [-0.2, 0) is 0 Å². The van der Waals surface area contributed by atoms with Gasteiger partial charge in [0.05, 0.1) is 0 Å². The molecule has 0 aromatic heterocycles. The van der Waals surface area contributed by atoms with Gasteiger partial charge < -0.3 is 0 Å². The third-order valence-electron chi connectivity index (χ3n) is 1.97. The van der Waals surface area contributed by atoms with E-state index in [9.17, 15) is 0 Å². The first-order valence-electron chi connectivity index (χ1n) is 4.64. The molecule has 0 heteroatoms. The molecule has 1 aromatic carbocycles. The Hall–Kier alpha value is -1.74. The molecule has 0 saturated heterocycles. The highest BCUT2D eigenvalue weighted by Crippen LogP contribution is 2.14. The number of benzene rings is 1. The van der Waals surface area contributed by atoms with Crippen molar-refractivity contribution in [1.29, 1.82) is 0 Å². The summed E-state index contributed by atoms with van der Waals surface area (Å²) in [4.78, 5) is 0. The van der Waals surface area contributed by atoms with Crippen LogP contribution in [-0.4, -0.2) is 0 Å². The molecule has 0 nitrogen and oxygen atoms in total. The average Bonchev–Trinajstić information content (AvgIpc) is 2.21. The highest BCUT2D eigenvalue weighted by atomic mass is 14.0. The number of aryl methyl sites for hydroxylation is 1. The van der Waals surface area contributed by atoms with Crippen LogP contribution in [0.25, 0.3) is 5.57 Å². The van der Waals surface area contributed by atoms with Crippen molar-refractivity contribution in [2.24, 2.45) is 0 Å². The zero-order valence-electron chi connectivity index (χ0n) is 8.62. The molecule has 14 heavy (non-hydrogen) atoms. The van der Waals surface area contributed by atoms with E-state index in [0.717, 1.165) is 11.1 Å². The Kier molecular flexibility index (Phi) is 3.76. The van der Waals surface area contributed by atoms with Gasteiger partial charge in [-0.2, -0.15) is 0 Å². The van der Waals surface area contributed by atoms with Crippen molar-refractivity contribution in [2.45, 2.75) is 13.8 Å². The molecule has 0 saturated carbocycles. The molecule has 0 fully saturated rings. The maximum absolute atomic E-state index is 5.43. The molecule has 0 aliphatic carbocycles. The molecule has 0 atom stereocenters. The molecule has 0 N–H and O–H groups in total. The van der Waals surface area contributed by atoms with E-state index in [1.807, 2.05) is 37.3 Å². The number of allylic oxidation sites excluding steroid dienone is 4. The van der Waals surface area contributed by atoms with Crippen LogP contribution in [0, 0.1) is 19.3 Å². The highest BCUT2D eigenvalue weighted by Gasteiger charge is 1.95. The molecule has 0 unspecified atom stereocenters. The summed E-state index contributed by atoms with van der Waals surface area (Å²) in [7, 11) is 0. The first-order chi connectivity index (χ1) is 6.77. The normalized spacial score (nSPS) is 11.6. The molecule has 70 valence electrons. The number of hydrogen-bond donors (Lipinski definition) is 0. The molecule has 0 aliphatic heterocycles. The Morgan fingerprint density at radius 1 is 1.29 bits per heavy atom. The molecule has 0 aliphatic rings. The van der Waals surface area contributed by atoms with Gasteiger partial charge in [0.2, 0.25) is 0 Å². The predicted molar refractivity (Wildman–Crippen MR) is 62.8 cm³/mol. The minimum atomic E-state index is 0.920. The van der Waals surface area contributed by atoms with Crippen LogP contribution in [0.5, 0.6) is 0 Å². The van der Waals surface area contributed by atoms with E-state index in [-0.39, 0.29) is 0 Å². The van der Waals surface area contributed by atoms with Crippen molar-refractivity contribution in [3.63, 3.8) is 0 Å². The van der Waals surface area contributed by atoms with Gasteiger partial charge in [-0.3, -0.25) is 0 Å². The topological polar surface area (TPSA) is 0 Å².